The first-order chi connectivity index (χ1) is 8.25. The Morgan fingerprint density at radius 1 is 1.39 bits per heavy atom. The van der Waals surface area contributed by atoms with E-state index in [4.69, 9.17) is 4.74 Å². The van der Waals surface area contributed by atoms with Gasteiger partial charge in [-0.2, -0.15) is 0 Å². The maximum absolute atomic E-state index is 13.5. The quantitative estimate of drug-likeness (QED) is 0.899. The lowest BCUT2D eigenvalue weighted by Gasteiger charge is -2.28. The molecule has 0 radical (unpaired) electrons. The van der Waals surface area contributed by atoms with E-state index < -0.39 is 5.82 Å². The van der Waals surface area contributed by atoms with Gasteiger partial charge in [-0.15, -0.1) is 0 Å². The van der Waals surface area contributed by atoms with Crippen LogP contribution in [-0.2, 0) is 0 Å². The Bertz CT molecular complexity index is 438. The van der Waals surface area contributed by atoms with Crippen LogP contribution in [0.25, 0.3) is 0 Å². The zero-order valence-corrected chi connectivity index (χ0v) is 11.5. The maximum Gasteiger partial charge on any atom is 0.251 e. The van der Waals surface area contributed by atoms with Crippen LogP contribution in [0.1, 0.15) is 38.1 Å². The molecule has 0 bridgehead atoms. The van der Waals surface area contributed by atoms with E-state index in [9.17, 15) is 9.18 Å². The molecule has 0 aliphatic carbocycles. The molecule has 1 N–H and O–H groups in total. The summed E-state index contributed by atoms with van der Waals surface area (Å²) in [6, 6.07) is 4.18. The van der Waals surface area contributed by atoms with Crippen LogP contribution in [0.4, 0.5) is 4.39 Å². The highest BCUT2D eigenvalue weighted by Crippen LogP contribution is 2.20. The van der Waals surface area contributed by atoms with Gasteiger partial charge in [-0.25, -0.2) is 4.39 Å². The number of hydrogen-bond donors (Lipinski definition) is 1. The third kappa shape index (κ3) is 3.45. The molecule has 1 amide bonds. The van der Waals surface area contributed by atoms with Crippen LogP contribution in [0.2, 0.25) is 0 Å². The maximum atomic E-state index is 13.5. The average molecular weight is 253 g/mol. The van der Waals surface area contributed by atoms with Crippen molar-refractivity contribution >= 4 is 5.91 Å². The summed E-state index contributed by atoms with van der Waals surface area (Å²) in [6.07, 6.45) is 0. The molecule has 1 atom stereocenters. The highest BCUT2D eigenvalue weighted by atomic mass is 19.1. The topological polar surface area (TPSA) is 38.3 Å². The van der Waals surface area contributed by atoms with Gasteiger partial charge in [0, 0.05) is 11.6 Å². The molecule has 0 aliphatic rings. The largest absolute Gasteiger partial charge is 0.494 e. The molecular weight excluding hydrogens is 233 g/mol. The summed E-state index contributed by atoms with van der Waals surface area (Å²) in [6.45, 7) is 8.03. The number of benzene rings is 1. The number of rotatable bonds is 3. The molecule has 4 heteroatoms. The minimum atomic E-state index is -0.534. The van der Waals surface area contributed by atoms with E-state index in [1.54, 1.807) is 6.07 Å². The number of carbonyl (C=O) groups excluding carboxylic acids is 1. The Hall–Kier alpha value is -1.58. The van der Waals surface area contributed by atoms with Crippen molar-refractivity contribution in [1.29, 1.82) is 0 Å². The molecule has 0 heterocycles. The SMILES string of the molecule is COc1ccc(C(=O)N[C@@H](C)C(C)(C)C)cc1F. The Balaban J connectivity index is 2.82. The highest BCUT2D eigenvalue weighted by Gasteiger charge is 2.22. The fourth-order valence-corrected chi connectivity index (χ4v) is 1.30. The second kappa shape index (κ2) is 5.38. The zero-order valence-electron chi connectivity index (χ0n) is 11.5. The normalized spacial score (nSPS) is 13.0. The van der Waals surface area contributed by atoms with Gasteiger partial charge >= 0.3 is 0 Å². The standard InChI is InChI=1S/C14H20FNO2/c1-9(14(2,3)4)16-13(17)10-6-7-12(18-5)11(15)8-10/h6-9H,1-5H3,(H,16,17)/t9-/m0/s1. The molecule has 0 fully saturated rings. The predicted molar refractivity (Wildman–Crippen MR) is 69.3 cm³/mol. The van der Waals surface area contributed by atoms with Gasteiger partial charge in [0.05, 0.1) is 7.11 Å². The van der Waals surface area contributed by atoms with Crippen LogP contribution in [0.5, 0.6) is 5.75 Å². The van der Waals surface area contributed by atoms with Gasteiger partial charge in [0.2, 0.25) is 0 Å². The first-order valence-electron chi connectivity index (χ1n) is 5.90. The number of nitrogens with one attached hydrogen (secondary N) is 1. The van der Waals surface area contributed by atoms with E-state index in [2.05, 4.69) is 5.32 Å². The monoisotopic (exact) mass is 253 g/mol. The van der Waals surface area contributed by atoms with Crippen molar-refractivity contribution in [2.24, 2.45) is 5.41 Å². The van der Waals surface area contributed by atoms with Crippen molar-refractivity contribution in [3.05, 3.63) is 29.6 Å². The summed E-state index contributed by atoms with van der Waals surface area (Å²) in [7, 11) is 1.39. The second-order valence-corrected chi connectivity index (χ2v) is 5.41. The molecule has 1 aromatic rings. The Morgan fingerprint density at radius 3 is 2.44 bits per heavy atom. The fourth-order valence-electron chi connectivity index (χ4n) is 1.30. The van der Waals surface area contributed by atoms with E-state index >= 15 is 0 Å². The second-order valence-electron chi connectivity index (χ2n) is 5.41. The molecule has 0 saturated carbocycles. The lowest BCUT2D eigenvalue weighted by Crippen LogP contribution is -2.41. The fraction of sp³-hybridized carbons (Fsp3) is 0.500. The summed E-state index contributed by atoms with van der Waals surface area (Å²) in [5.41, 5.74) is 0.255. The number of methoxy groups -OCH3 is 1. The van der Waals surface area contributed by atoms with Crippen LogP contribution in [-0.4, -0.2) is 19.1 Å². The molecular formula is C14H20FNO2. The smallest absolute Gasteiger partial charge is 0.251 e. The molecule has 0 unspecified atom stereocenters. The summed E-state index contributed by atoms with van der Waals surface area (Å²) in [5.74, 6) is -0.678. The van der Waals surface area contributed by atoms with E-state index in [1.165, 1.54) is 19.2 Å². The van der Waals surface area contributed by atoms with Crippen molar-refractivity contribution < 1.29 is 13.9 Å². The third-order valence-corrected chi connectivity index (χ3v) is 3.06. The summed E-state index contributed by atoms with van der Waals surface area (Å²) >= 11 is 0. The molecule has 18 heavy (non-hydrogen) atoms. The van der Waals surface area contributed by atoms with Gasteiger partial charge < -0.3 is 10.1 Å². The number of halogens is 1. The summed E-state index contributed by atoms with van der Waals surface area (Å²) in [4.78, 5) is 11.9. The third-order valence-electron chi connectivity index (χ3n) is 3.06. The van der Waals surface area contributed by atoms with Gasteiger partial charge in [0.1, 0.15) is 0 Å². The minimum Gasteiger partial charge on any atom is -0.494 e. The van der Waals surface area contributed by atoms with Gasteiger partial charge in [0.25, 0.3) is 5.91 Å². The van der Waals surface area contributed by atoms with Crippen LogP contribution in [0, 0.1) is 11.2 Å². The van der Waals surface area contributed by atoms with E-state index in [0.29, 0.717) is 5.56 Å². The lowest BCUT2D eigenvalue weighted by molar-refractivity contribution is 0.0909. The highest BCUT2D eigenvalue weighted by molar-refractivity contribution is 5.94. The first-order valence-corrected chi connectivity index (χ1v) is 5.90. The van der Waals surface area contributed by atoms with Gasteiger partial charge in [-0.3, -0.25) is 4.79 Å². The molecule has 0 aromatic heterocycles. The summed E-state index contributed by atoms with van der Waals surface area (Å²) in [5, 5.41) is 2.85. The Labute approximate surface area is 107 Å². The van der Waals surface area contributed by atoms with E-state index in [-0.39, 0.29) is 23.1 Å². The van der Waals surface area contributed by atoms with Gasteiger partial charge in [-0.05, 0) is 30.5 Å². The van der Waals surface area contributed by atoms with Crippen LogP contribution in [0.3, 0.4) is 0 Å². The number of hydrogen-bond acceptors (Lipinski definition) is 2. The molecule has 0 saturated heterocycles. The van der Waals surface area contributed by atoms with E-state index in [1.807, 2.05) is 27.7 Å². The number of carbonyl (C=O) groups is 1. The minimum absolute atomic E-state index is 0.00448. The Morgan fingerprint density at radius 2 is 2.00 bits per heavy atom. The number of ether oxygens (including phenoxy) is 1. The number of amides is 1. The molecule has 1 aromatic carbocycles. The van der Waals surface area contributed by atoms with Crippen LogP contribution in [0.15, 0.2) is 18.2 Å². The van der Waals surface area contributed by atoms with E-state index in [0.717, 1.165) is 0 Å². The zero-order chi connectivity index (χ0) is 13.9. The average Bonchev–Trinajstić information content (AvgIpc) is 2.27. The molecule has 1 rings (SSSR count). The van der Waals surface area contributed by atoms with Gasteiger partial charge in [-0.1, -0.05) is 20.8 Å². The lowest BCUT2D eigenvalue weighted by atomic mass is 9.88. The van der Waals surface area contributed by atoms with Crippen molar-refractivity contribution in [3.8, 4) is 5.75 Å². The molecule has 3 nitrogen and oxygen atoms in total. The van der Waals surface area contributed by atoms with Crippen molar-refractivity contribution in [1.82, 2.24) is 5.32 Å². The van der Waals surface area contributed by atoms with Crippen LogP contribution < -0.4 is 10.1 Å². The molecule has 100 valence electrons. The van der Waals surface area contributed by atoms with Crippen molar-refractivity contribution in [2.75, 3.05) is 7.11 Å². The Kier molecular flexibility index (Phi) is 4.33. The van der Waals surface area contributed by atoms with Gasteiger partial charge in [0.15, 0.2) is 11.6 Å². The first kappa shape index (κ1) is 14.5. The molecule has 0 aliphatic heterocycles. The van der Waals surface area contributed by atoms with Crippen LogP contribution >= 0.6 is 0 Å². The predicted octanol–water partition coefficient (Wildman–Crippen LogP) is 3.00. The van der Waals surface area contributed by atoms with Crippen molar-refractivity contribution in [2.45, 2.75) is 33.7 Å². The summed E-state index contributed by atoms with van der Waals surface area (Å²) < 4.78 is 18.3. The van der Waals surface area contributed by atoms with Crippen molar-refractivity contribution in [3.63, 3.8) is 0 Å². The molecule has 0 spiro atoms.